The van der Waals surface area contributed by atoms with E-state index in [0.29, 0.717) is 17.3 Å². The van der Waals surface area contributed by atoms with Crippen molar-refractivity contribution in [3.8, 4) is 5.75 Å². The van der Waals surface area contributed by atoms with Crippen molar-refractivity contribution < 1.29 is 5.11 Å². The van der Waals surface area contributed by atoms with Crippen LogP contribution in [0.5, 0.6) is 5.75 Å². The fourth-order valence-electron chi connectivity index (χ4n) is 2.96. The molecule has 3 aromatic rings. The third-order valence-electron chi connectivity index (χ3n) is 4.42. The second kappa shape index (κ2) is 8.92. The van der Waals surface area contributed by atoms with Crippen LogP contribution in [-0.2, 0) is 13.0 Å². The fraction of sp³-hybridized carbons (Fsp3) is 0.182. The quantitative estimate of drug-likeness (QED) is 0.411. The standard InChI is InChI=1S/C22H21Cl2NOS/c1-3-16-14(2)12-18(22(26)21(16)24)25-13-15-8-4-6-10-19(15)27-20-11-7-5-9-17(20)23/h4-12,25-26H,3,13H2,1-2H3. The molecule has 0 radical (unpaired) electrons. The van der Waals surface area contributed by atoms with E-state index in [9.17, 15) is 5.11 Å². The Morgan fingerprint density at radius 2 is 1.67 bits per heavy atom. The van der Waals surface area contributed by atoms with Crippen molar-refractivity contribution in [1.82, 2.24) is 0 Å². The summed E-state index contributed by atoms with van der Waals surface area (Å²) in [5.74, 6) is 0.107. The monoisotopic (exact) mass is 417 g/mol. The number of aromatic hydroxyl groups is 1. The molecule has 3 rings (SSSR count). The maximum atomic E-state index is 10.4. The molecule has 0 aliphatic rings. The van der Waals surface area contributed by atoms with E-state index >= 15 is 0 Å². The molecule has 0 spiro atoms. The second-order valence-corrected chi connectivity index (χ2v) is 8.10. The molecule has 0 bridgehead atoms. The van der Waals surface area contributed by atoms with E-state index in [1.165, 1.54) is 0 Å². The first kappa shape index (κ1) is 19.9. The van der Waals surface area contributed by atoms with Gasteiger partial charge in [-0.1, -0.05) is 72.2 Å². The molecule has 0 atom stereocenters. The molecule has 140 valence electrons. The van der Waals surface area contributed by atoms with Gasteiger partial charge in [0.15, 0.2) is 5.75 Å². The van der Waals surface area contributed by atoms with Gasteiger partial charge < -0.3 is 10.4 Å². The van der Waals surface area contributed by atoms with Crippen LogP contribution >= 0.6 is 35.0 Å². The Morgan fingerprint density at radius 3 is 2.37 bits per heavy atom. The number of phenolic OH excluding ortho intramolecular Hbond substituents is 1. The van der Waals surface area contributed by atoms with E-state index in [4.69, 9.17) is 23.2 Å². The highest BCUT2D eigenvalue weighted by molar-refractivity contribution is 7.99. The maximum Gasteiger partial charge on any atom is 0.157 e. The lowest BCUT2D eigenvalue weighted by Crippen LogP contribution is -2.03. The number of benzene rings is 3. The van der Waals surface area contributed by atoms with Crippen LogP contribution in [0.15, 0.2) is 64.4 Å². The average Bonchev–Trinajstić information content (AvgIpc) is 2.67. The maximum absolute atomic E-state index is 10.4. The minimum Gasteiger partial charge on any atom is -0.504 e. The Kier molecular flexibility index (Phi) is 6.59. The normalized spacial score (nSPS) is 10.8. The van der Waals surface area contributed by atoms with Crippen LogP contribution < -0.4 is 5.32 Å². The highest BCUT2D eigenvalue weighted by Gasteiger charge is 2.14. The zero-order valence-corrected chi connectivity index (χ0v) is 17.6. The second-order valence-electron chi connectivity index (χ2n) is 6.23. The molecule has 2 N–H and O–H groups in total. The van der Waals surface area contributed by atoms with Gasteiger partial charge >= 0.3 is 0 Å². The van der Waals surface area contributed by atoms with E-state index in [0.717, 1.165) is 37.9 Å². The summed E-state index contributed by atoms with van der Waals surface area (Å²) in [5, 5.41) is 14.9. The van der Waals surface area contributed by atoms with Gasteiger partial charge in [0.05, 0.1) is 15.7 Å². The summed E-state index contributed by atoms with van der Waals surface area (Å²) in [4.78, 5) is 2.13. The topological polar surface area (TPSA) is 32.3 Å². The molecule has 0 aromatic heterocycles. The number of rotatable bonds is 6. The Hall–Kier alpha value is -1.81. The fourth-order valence-corrected chi connectivity index (χ4v) is 4.56. The lowest BCUT2D eigenvalue weighted by Gasteiger charge is -2.16. The van der Waals surface area contributed by atoms with Crippen molar-refractivity contribution in [2.75, 3.05) is 5.32 Å². The van der Waals surface area contributed by atoms with Crippen LogP contribution in [0.3, 0.4) is 0 Å². The van der Waals surface area contributed by atoms with Crippen molar-refractivity contribution in [1.29, 1.82) is 0 Å². The molecule has 0 aliphatic heterocycles. The van der Waals surface area contributed by atoms with Gasteiger partial charge in [-0.2, -0.15) is 0 Å². The number of nitrogens with one attached hydrogen (secondary N) is 1. The number of hydrogen-bond donors (Lipinski definition) is 2. The van der Waals surface area contributed by atoms with E-state index in [1.807, 2.05) is 56.3 Å². The zero-order chi connectivity index (χ0) is 19.4. The Balaban J connectivity index is 1.83. The Labute approximate surface area is 174 Å². The molecule has 2 nitrogen and oxygen atoms in total. The zero-order valence-electron chi connectivity index (χ0n) is 15.2. The molecule has 0 aliphatic carbocycles. The molecule has 0 saturated carbocycles. The van der Waals surface area contributed by atoms with E-state index in [1.54, 1.807) is 11.8 Å². The summed E-state index contributed by atoms with van der Waals surface area (Å²) in [7, 11) is 0. The van der Waals surface area contributed by atoms with Crippen LogP contribution in [-0.4, -0.2) is 5.11 Å². The minimum atomic E-state index is 0.107. The minimum absolute atomic E-state index is 0.107. The summed E-state index contributed by atoms with van der Waals surface area (Å²) >= 11 is 14.3. The van der Waals surface area contributed by atoms with Gasteiger partial charge in [-0.05, 0) is 54.3 Å². The van der Waals surface area contributed by atoms with E-state index in [2.05, 4.69) is 17.4 Å². The van der Waals surface area contributed by atoms with Gasteiger partial charge in [0, 0.05) is 16.3 Å². The SMILES string of the molecule is CCc1c(C)cc(NCc2ccccc2Sc2ccccc2Cl)c(O)c1Cl. The van der Waals surface area contributed by atoms with Crippen LogP contribution in [0.1, 0.15) is 23.6 Å². The van der Waals surface area contributed by atoms with Crippen LogP contribution in [0.25, 0.3) is 0 Å². The molecule has 0 heterocycles. The number of hydrogen-bond acceptors (Lipinski definition) is 3. The summed E-state index contributed by atoms with van der Waals surface area (Å²) < 4.78 is 0. The highest BCUT2D eigenvalue weighted by Crippen LogP contribution is 2.39. The first-order valence-corrected chi connectivity index (χ1v) is 10.3. The van der Waals surface area contributed by atoms with Gasteiger partial charge in [0.25, 0.3) is 0 Å². The molecule has 0 fully saturated rings. The number of halogens is 2. The first-order chi connectivity index (χ1) is 13.0. The molecule has 27 heavy (non-hydrogen) atoms. The van der Waals surface area contributed by atoms with Crippen LogP contribution in [0.2, 0.25) is 10.0 Å². The number of anilines is 1. The van der Waals surface area contributed by atoms with Gasteiger partial charge in [0.1, 0.15) is 0 Å². The Bertz CT molecular complexity index is 959. The van der Waals surface area contributed by atoms with E-state index in [-0.39, 0.29) is 5.75 Å². The van der Waals surface area contributed by atoms with Crippen molar-refractivity contribution in [3.05, 3.63) is 81.3 Å². The summed E-state index contributed by atoms with van der Waals surface area (Å²) in [6.07, 6.45) is 0.788. The predicted molar refractivity (Wildman–Crippen MR) is 117 cm³/mol. The lowest BCUT2D eigenvalue weighted by atomic mass is 10.0. The van der Waals surface area contributed by atoms with Gasteiger partial charge in [-0.25, -0.2) is 0 Å². The first-order valence-electron chi connectivity index (χ1n) is 8.76. The van der Waals surface area contributed by atoms with Crippen molar-refractivity contribution in [3.63, 3.8) is 0 Å². The summed E-state index contributed by atoms with van der Waals surface area (Å²) in [5.41, 5.74) is 3.82. The molecule has 0 unspecified atom stereocenters. The van der Waals surface area contributed by atoms with Gasteiger partial charge in [0.2, 0.25) is 0 Å². The third kappa shape index (κ3) is 4.55. The molecular weight excluding hydrogens is 397 g/mol. The van der Waals surface area contributed by atoms with Crippen molar-refractivity contribution in [2.45, 2.75) is 36.6 Å². The molecule has 5 heteroatoms. The summed E-state index contributed by atoms with van der Waals surface area (Å²) in [6.45, 7) is 4.61. The van der Waals surface area contributed by atoms with Gasteiger partial charge in [-0.3, -0.25) is 0 Å². The molecular formula is C22H21Cl2NOS. The molecule has 0 saturated heterocycles. The van der Waals surface area contributed by atoms with Crippen molar-refractivity contribution >= 4 is 40.7 Å². The smallest absolute Gasteiger partial charge is 0.157 e. The third-order valence-corrected chi connectivity index (χ3v) is 6.46. The summed E-state index contributed by atoms with van der Waals surface area (Å²) in [6, 6.07) is 17.9. The molecule has 0 amide bonds. The predicted octanol–water partition coefficient (Wildman–Crippen LogP) is 7.33. The largest absolute Gasteiger partial charge is 0.504 e. The average molecular weight is 418 g/mol. The van der Waals surface area contributed by atoms with Crippen LogP contribution in [0.4, 0.5) is 5.69 Å². The highest BCUT2D eigenvalue weighted by atomic mass is 35.5. The number of phenols is 1. The van der Waals surface area contributed by atoms with Crippen LogP contribution in [0, 0.1) is 6.92 Å². The van der Waals surface area contributed by atoms with Gasteiger partial charge in [-0.15, -0.1) is 0 Å². The lowest BCUT2D eigenvalue weighted by molar-refractivity contribution is 0.476. The van der Waals surface area contributed by atoms with E-state index < -0.39 is 0 Å². The number of aryl methyl sites for hydroxylation is 1. The Morgan fingerprint density at radius 1 is 1.00 bits per heavy atom. The molecule has 3 aromatic carbocycles. The van der Waals surface area contributed by atoms with Crippen molar-refractivity contribution in [2.24, 2.45) is 0 Å².